The average Bonchev–Trinajstić information content (AvgIpc) is 2.15. The van der Waals surface area contributed by atoms with Crippen LogP contribution in [0.2, 0.25) is 0 Å². The lowest BCUT2D eigenvalue weighted by Gasteiger charge is -2.21. The number of hydrogen-bond acceptors (Lipinski definition) is 3. The predicted molar refractivity (Wildman–Crippen MR) is 73.0 cm³/mol. The largest absolute Gasteiger partial charge is 0.389 e. The van der Waals surface area contributed by atoms with Crippen molar-refractivity contribution in [3.05, 3.63) is 23.4 Å². The Balaban J connectivity index is 3.00. The van der Waals surface area contributed by atoms with Gasteiger partial charge in [-0.1, -0.05) is 26.1 Å². The summed E-state index contributed by atoms with van der Waals surface area (Å²) in [6, 6.07) is 3.85. The highest BCUT2D eigenvalue weighted by atomic mass is 32.1. The third kappa shape index (κ3) is 3.45. The number of nitrogens with two attached hydrogens (primary N) is 1. The Morgan fingerprint density at radius 3 is 2.62 bits per heavy atom. The van der Waals surface area contributed by atoms with Crippen LogP contribution in [0, 0.1) is 12.8 Å². The van der Waals surface area contributed by atoms with E-state index in [0.29, 0.717) is 10.9 Å². The minimum Gasteiger partial charge on any atom is -0.389 e. The third-order valence-electron chi connectivity index (χ3n) is 2.25. The molecule has 0 saturated heterocycles. The Morgan fingerprint density at radius 1 is 1.50 bits per heavy atom. The second kappa shape index (κ2) is 5.25. The summed E-state index contributed by atoms with van der Waals surface area (Å²) >= 11 is 4.99. The third-order valence-corrected chi connectivity index (χ3v) is 2.49. The monoisotopic (exact) mass is 237 g/mol. The molecule has 1 aromatic heterocycles. The number of nitrogens with zero attached hydrogens (tertiary/aromatic N) is 2. The minimum atomic E-state index is 0.421. The standard InChI is InChI=1S/C12H19N3S/c1-8(2)7-15(4)11-6-10(12(13)16)5-9(3)14-11/h5-6,8H,7H2,1-4H3,(H2,13,16). The van der Waals surface area contributed by atoms with Gasteiger partial charge in [0.05, 0.1) is 0 Å². The van der Waals surface area contributed by atoms with E-state index in [1.54, 1.807) is 0 Å². The zero-order valence-corrected chi connectivity index (χ0v) is 11.1. The van der Waals surface area contributed by atoms with Crippen LogP contribution in [-0.2, 0) is 0 Å². The predicted octanol–water partition coefficient (Wildman–Crippen LogP) is 2.12. The second-order valence-electron chi connectivity index (χ2n) is 4.49. The van der Waals surface area contributed by atoms with Crippen molar-refractivity contribution >= 4 is 23.0 Å². The summed E-state index contributed by atoms with van der Waals surface area (Å²) < 4.78 is 0. The van der Waals surface area contributed by atoms with Crippen LogP contribution in [0.15, 0.2) is 12.1 Å². The highest BCUT2D eigenvalue weighted by molar-refractivity contribution is 7.80. The second-order valence-corrected chi connectivity index (χ2v) is 4.93. The van der Waals surface area contributed by atoms with Crippen molar-refractivity contribution in [2.24, 2.45) is 11.7 Å². The fraction of sp³-hybridized carbons (Fsp3) is 0.500. The SMILES string of the molecule is Cc1cc(C(N)=S)cc(N(C)CC(C)C)n1. The molecule has 0 radical (unpaired) electrons. The van der Waals surface area contributed by atoms with E-state index in [1.165, 1.54) is 0 Å². The number of aromatic nitrogens is 1. The molecule has 4 heteroatoms. The first-order valence-corrected chi connectivity index (χ1v) is 5.80. The molecule has 1 heterocycles. The van der Waals surface area contributed by atoms with Crippen LogP contribution in [0.3, 0.4) is 0 Å². The molecule has 0 aromatic carbocycles. The van der Waals surface area contributed by atoms with E-state index in [4.69, 9.17) is 18.0 Å². The van der Waals surface area contributed by atoms with Gasteiger partial charge in [0.15, 0.2) is 0 Å². The minimum absolute atomic E-state index is 0.421. The van der Waals surface area contributed by atoms with Gasteiger partial charge in [-0.2, -0.15) is 0 Å². The molecule has 16 heavy (non-hydrogen) atoms. The molecule has 1 rings (SSSR count). The highest BCUT2D eigenvalue weighted by Gasteiger charge is 2.08. The lowest BCUT2D eigenvalue weighted by Crippen LogP contribution is -2.24. The summed E-state index contributed by atoms with van der Waals surface area (Å²) in [5, 5.41) is 0. The van der Waals surface area contributed by atoms with E-state index < -0.39 is 0 Å². The number of thiocarbonyl (C=S) groups is 1. The first kappa shape index (κ1) is 12.9. The Labute approximate surface area is 103 Å². The fourth-order valence-electron chi connectivity index (χ4n) is 1.63. The molecule has 0 aliphatic carbocycles. The Morgan fingerprint density at radius 2 is 2.12 bits per heavy atom. The number of anilines is 1. The summed E-state index contributed by atoms with van der Waals surface area (Å²) in [6.45, 7) is 7.28. The van der Waals surface area contributed by atoms with Gasteiger partial charge in [-0.3, -0.25) is 0 Å². The molecular formula is C12H19N3S. The molecule has 0 aliphatic heterocycles. The number of pyridine rings is 1. The van der Waals surface area contributed by atoms with Crippen molar-refractivity contribution < 1.29 is 0 Å². The van der Waals surface area contributed by atoms with Crippen LogP contribution < -0.4 is 10.6 Å². The van der Waals surface area contributed by atoms with Gasteiger partial charge in [0, 0.05) is 24.8 Å². The lowest BCUT2D eigenvalue weighted by atomic mass is 10.2. The first-order chi connectivity index (χ1) is 7.40. The highest BCUT2D eigenvalue weighted by Crippen LogP contribution is 2.15. The molecule has 0 fully saturated rings. The molecule has 0 saturated carbocycles. The average molecular weight is 237 g/mol. The van der Waals surface area contributed by atoms with E-state index in [1.807, 2.05) is 26.1 Å². The quantitative estimate of drug-likeness (QED) is 0.815. The van der Waals surface area contributed by atoms with Gasteiger partial charge in [-0.15, -0.1) is 0 Å². The van der Waals surface area contributed by atoms with E-state index in [9.17, 15) is 0 Å². The van der Waals surface area contributed by atoms with E-state index in [2.05, 4.69) is 23.7 Å². The van der Waals surface area contributed by atoms with E-state index in [-0.39, 0.29) is 0 Å². The Bertz CT molecular complexity index is 388. The van der Waals surface area contributed by atoms with Crippen LogP contribution >= 0.6 is 12.2 Å². The van der Waals surface area contributed by atoms with Gasteiger partial charge in [0.2, 0.25) is 0 Å². The summed E-state index contributed by atoms with van der Waals surface area (Å²) in [7, 11) is 2.03. The van der Waals surface area contributed by atoms with E-state index >= 15 is 0 Å². The summed E-state index contributed by atoms with van der Waals surface area (Å²) in [5.41, 5.74) is 7.46. The van der Waals surface area contributed by atoms with Crippen molar-refractivity contribution in [3.63, 3.8) is 0 Å². The van der Waals surface area contributed by atoms with Crippen molar-refractivity contribution in [3.8, 4) is 0 Å². The smallest absolute Gasteiger partial charge is 0.129 e. The van der Waals surface area contributed by atoms with Crippen molar-refractivity contribution in [2.75, 3.05) is 18.5 Å². The molecule has 3 nitrogen and oxygen atoms in total. The number of aryl methyl sites for hydroxylation is 1. The van der Waals surface area contributed by atoms with Crippen LogP contribution in [-0.4, -0.2) is 23.6 Å². The van der Waals surface area contributed by atoms with E-state index in [0.717, 1.165) is 23.6 Å². The fourth-order valence-corrected chi connectivity index (χ4v) is 1.75. The van der Waals surface area contributed by atoms with Crippen molar-refractivity contribution in [1.29, 1.82) is 0 Å². The van der Waals surface area contributed by atoms with Gasteiger partial charge >= 0.3 is 0 Å². The molecule has 0 atom stereocenters. The number of hydrogen-bond donors (Lipinski definition) is 1. The lowest BCUT2D eigenvalue weighted by molar-refractivity contribution is 0.634. The molecule has 0 bridgehead atoms. The molecule has 0 spiro atoms. The van der Waals surface area contributed by atoms with Crippen molar-refractivity contribution in [1.82, 2.24) is 4.98 Å². The first-order valence-electron chi connectivity index (χ1n) is 5.39. The summed E-state index contributed by atoms with van der Waals surface area (Å²) in [5.74, 6) is 1.53. The van der Waals surface area contributed by atoms with Gasteiger partial charge in [0.25, 0.3) is 0 Å². The summed E-state index contributed by atoms with van der Waals surface area (Å²) in [4.78, 5) is 7.03. The summed E-state index contributed by atoms with van der Waals surface area (Å²) in [6.07, 6.45) is 0. The van der Waals surface area contributed by atoms with Gasteiger partial charge in [-0.25, -0.2) is 4.98 Å². The normalized spacial score (nSPS) is 10.6. The molecular weight excluding hydrogens is 218 g/mol. The zero-order valence-electron chi connectivity index (χ0n) is 10.3. The Hall–Kier alpha value is -1.16. The molecule has 0 amide bonds. The van der Waals surface area contributed by atoms with Crippen molar-refractivity contribution in [2.45, 2.75) is 20.8 Å². The maximum Gasteiger partial charge on any atom is 0.129 e. The molecule has 0 unspecified atom stereocenters. The molecule has 88 valence electrons. The molecule has 1 aromatic rings. The van der Waals surface area contributed by atoms with Gasteiger partial charge in [0.1, 0.15) is 10.8 Å². The number of rotatable bonds is 4. The van der Waals surface area contributed by atoms with Gasteiger partial charge < -0.3 is 10.6 Å². The van der Waals surface area contributed by atoms with Gasteiger partial charge in [-0.05, 0) is 25.0 Å². The van der Waals surface area contributed by atoms with Crippen LogP contribution in [0.5, 0.6) is 0 Å². The molecule has 0 aliphatic rings. The molecule has 2 N–H and O–H groups in total. The topological polar surface area (TPSA) is 42.1 Å². The van der Waals surface area contributed by atoms with Crippen LogP contribution in [0.1, 0.15) is 25.1 Å². The van der Waals surface area contributed by atoms with Crippen LogP contribution in [0.4, 0.5) is 5.82 Å². The maximum atomic E-state index is 5.64. The maximum absolute atomic E-state index is 5.64. The Kier molecular flexibility index (Phi) is 4.24. The van der Waals surface area contributed by atoms with Crippen LogP contribution in [0.25, 0.3) is 0 Å². The zero-order chi connectivity index (χ0) is 12.3.